The van der Waals surface area contributed by atoms with Crippen molar-refractivity contribution in [1.29, 1.82) is 0 Å². The predicted octanol–water partition coefficient (Wildman–Crippen LogP) is -0.452. The van der Waals surface area contributed by atoms with Crippen LogP contribution in [0.5, 0.6) is 0 Å². The highest BCUT2D eigenvalue weighted by molar-refractivity contribution is 5.86. The van der Waals surface area contributed by atoms with Crippen molar-refractivity contribution in [2.75, 3.05) is 0 Å². The van der Waals surface area contributed by atoms with Crippen LogP contribution in [0.4, 0.5) is 0 Å². The summed E-state index contributed by atoms with van der Waals surface area (Å²) in [5.41, 5.74) is 5.16. The molecular weight excluding hydrogens is 184 g/mol. The van der Waals surface area contributed by atoms with Gasteiger partial charge in [0, 0.05) is 6.07 Å². The van der Waals surface area contributed by atoms with Gasteiger partial charge in [-0.2, -0.15) is 0 Å². The van der Waals surface area contributed by atoms with Crippen LogP contribution in [0, 0.1) is 0 Å². The molecule has 5 nitrogen and oxygen atoms in total. The number of carboxylic acid groups (broad SMARTS) is 1. The second-order valence-electron chi connectivity index (χ2n) is 2.85. The molecule has 0 unspecified atom stereocenters. The van der Waals surface area contributed by atoms with Crippen LogP contribution >= 0.6 is 0 Å². The van der Waals surface area contributed by atoms with Gasteiger partial charge in [0.1, 0.15) is 5.56 Å². The Labute approximate surface area is 80.8 Å². The molecule has 14 heavy (non-hydrogen) atoms. The summed E-state index contributed by atoms with van der Waals surface area (Å²) < 4.78 is 1.62. The van der Waals surface area contributed by atoms with Crippen LogP contribution in [0.2, 0.25) is 0 Å². The average Bonchev–Trinajstić information content (AvgIpc) is 2.15. The van der Waals surface area contributed by atoms with E-state index in [4.69, 9.17) is 10.8 Å². The van der Waals surface area contributed by atoms with E-state index in [0.29, 0.717) is 6.54 Å². The first-order valence-corrected chi connectivity index (χ1v) is 4.10. The average molecular weight is 195 g/mol. The molecule has 0 saturated carbocycles. The van der Waals surface area contributed by atoms with Crippen LogP contribution in [-0.4, -0.2) is 17.0 Å². The zero-order valence-electron chi connectivity index (χ0n) is 7.51. The molecule has 0 atom stereocenters. The Bertz CT molecular complexity index is 363. The van der Waals surface area contributed by atoms with Crippen LogP contribution in [-0.2, 0) is 11.3 Å². The number of aromatic carboxylic acids is 1. The van der Waals surface area contributed by atoms with Gasteiger partial charge in [-0.3, -0.25) is 4.79 Å². The summed E-state index contributed by atoms with van der Waals surface area (Å²) in [7, 11) is 0. The SMILES string of the molecule is NC(=O)CC[n+]1cccc(C(=O)O)c1. The van der Waals surface area contributed by atoms with Gasteiger partial charge in [-0.1, -0.05) is 0 Å². The molecular formula is C9H11N2O3+. The van der Waals surface area contributed by atoms with Crippen molar-refractivity contribution in [3.8, 4) is 0 Å². The summed E-state index contributed by atoms with van der Waals surface area (Å²) in [5.74, 6) is -1.39. The Morgan fingerprint density at radius 3 is 2.79 bits per heavy atom. The van der Waals surface area contributed by atoms with Crippen molar-refractivity contribution in [1.82, 2.24) is 0 Å². The summed E-state index contributed by atoms with van der Waals surface area (Å²) in [6.45, 7) is 0.399. The van der Waals surface area contributed by atoms with Gasteiger partial charge in [-0.15, -0.1) is 0 Å². The fraction of sp³-hybridized carbons (Fsp3) is 0.222. The molecule has 3 N–H and O–H groups in total. The Hall–Kier alpha value is -1.91. The number of pyridine rings is 1. The lowest BCUT2D eigenvalue weighted by atomic mass is 10.3. The molecule has 1 amide bonds. The van der Waals surface area contributed by atoms with E-state index in [2.05, 4.69) is 0 Å². The third kappa shape index (κ3) is 2.85. The molecule has 1 aromatic rings. The number of carbonyl (C=O) groups is 2. The van der Waals surface area contributed by atoms with E-state index in [9.17, 15) is 9.59 Å². The third-order valence-corrected chi connectivity index (χ3v) is 1.72. The van der Waals surface area contributed by atoms with E-state index in [1.807, 2.05) is 0 Å². The second-order valence-corrected chi connectivity index (χ2v) is 2.85. The minimum absolute atomic E-state index is 0.192. The lowest BCUT2D eigenvalue weighted by Gasteiger charge is -1.95. The van der Waals surface area contributed by atoms with Gasteiger partial charge in [0.15, 0.2) is 18.9 Å². The molecule has 0 aliphatic heterocycles. The first-order valence-electron chi connectivity index (χ1n) is 4.10. The normalized spacial score (nSPS) is 9.71. The Morgan fingerprint density at radius 2 is 2.21 bits per heavy atom. The molecule has 0 aliphatic carbocycles. The summed E-state index contributed by atoms with van der Waals surface area (Å²) in [4.78, 5) is 21.1. The number of aryl methyl sites for hydroxylation is 1. The Balaban J connectivity index is 2.73. The zero-order chi connectivity index (χ0) is 10.6. The maximum Gasteiger partial charge on any atom is 0.341 e. The molecule has 0 bridgehead atoms. The molecule has 0 radical (unpaired) electrons. The van der Waals surface area contributed by atoms with Crippen LogP contribution < -0.4 is 10.3 Å². The van der Waals surface area contributed by atoms with Crippen molar-refractivity contribution in [2.24, 2.45) is 5.73 Å². The molecule has 0 aromatic carbocycles. The van der Waals surface area contributed by atoms with Crippen molar-refractivity contribution >= 4 is 11.9 Å². The summed E-state index contributed by atoms with van der Waals surface area (Å²) in [6.07, 6.45) is 3.36. The van der Waals surface area contributed by atoms with Crippen molar-refractivity contribution in [3.05, 3.63) is 30.1 Å². The Kier molecular flexibility index (Phi) is 3.17. The number of rotatable bonds is 4. The van der Waals surface area contributed by atoms with Crippen molar-refractivity contribution in [3.63, 3.8) is 0 Å². The predicted molar refractivity (Wildman–Crippen MR) is 47.4 cm³/mol. The first-order chi connectivity index (χ1) is 6.59. The number of carboxylic acids is 1. The van der Waals surface area contributed by atoms with E-state index in [0.717, 1.165) is 0 Å². The molecule has 0 saturated heterocycles. The number of hydrogen-bond donors (Lipinski definition) is 2. The number of nitrogens with two attached hydrogens (primary N) is 1. The van der Waals surface area contributed by atoms with Gasteiger partial charge in [0.05, 0.1) is 6.42 Å². The zero-order valence-corrected chi connectivity index (χ0v) is 7.51. The smallest absolute Gasteiger partial charge is 0.341 e. The topological polar surface area (TPSA) is 84.3 Å². The first kappa shape index (κ1) is 10.2. The van der Waals surface area contributed by atoms with Crippen LogP contribution in [0.25, 0.3) is 0 Å². The minimum Gasteiger partial charge on any atom is -0.477 e. The van der Waals surface area contributed by atoms with E-state index in [1.54, 1.807) is 16.8 Å². The molecule has 0 fully saturated rings. The van der Waals surface area contributed by atoms with Crippen molar-refractivity contribution in [2.45, 2.75) is 13.0 Å². The molecule has 0 aliphatic rings. The fourth-order valence-electron chi connectivity index (χ4n) is 1.03. The largest absolute Gasteiger partial charge is 0.477 e. The van der Waals surface area contributed by atoms with E-state index < -0.39 is 11.9 Å². The van der Waals surface area contributed by atoms with Gasteiger partial charge in [-0.05, 0) is 6.07 Å². The van der Waals surface area contributed by atoms with E-state index in [-0.39, 0.29) is 12.0 Å². The monoisotopic (exact) mass is 195 g/mol. The molecule has 1 rings (SSSR count). The highest BCUT2D eigenvalue weighted by Crippen LogP contribution is 1.93. The van der Waals surface area contributed by atoms with Crippen LogP contribution in [0.1, 0.15) is 16.8 Å². The highest BCUT2D eigenvalue weighted by atomic mass is 16.4. The molecule has 5 heteroatoms. The number of nitrogens with zero attached hydrogens (tertiary/aromatic N) is 1. The number of carbonyl (C=O) groups excluding carboxylic acids is 1. The minimum atomic E-state index is -0.988. The maximum absolute atomic E-state index is 10.6. The lowest BCUT2D eigenvalue weighted by molar-refractivity contribution is -0.695. The van der Waals surface area contributed by atoms with Gasteiger partial charge >= 0.3 is 5.97 Å². The quantitative estimate of drug-likeness (QED) is 0.638. The molecule has 74 valence electrons. The van der Waals surface area contributed by atoms with Crippen LogP contribution in [0.15, 0.2) is 24.5 Å². The van der Waals surface area contributed by atoms with Gasteiger partial charge in [0.25, 0.3) is 0 Å². The number of hydrogen-bond acceptors (Lipinski definition) is 2. The van der Waals surface area contributed by atoms with E-state index in [1.165, 1.54) is 12.3 Å². The summed E-state index contributed by atoms with van der Waals surface area (Å²) in [5, 5.41) is 8.68. The number of primary amides is 1. The molecule has 0 spiro atoms. The second kappa shape index (κ2) is 4.36. The van der Waals surface area contributed by atoms with Crippen molar-refractivity contribution < 1.29 is 19.3 Å². The summed E-state index contributed by atoms with van der Waals surface area (Å²) >= 11 is 0. The fourth-order valence-corrected chi connectivity index (χ4v) is 1.03. The van der Waals surface area contributed by atoms with Crippen LogP contribution in [0.3, 0.4) is 0 Å². The molecule has 1 aromatic heterocycles. The van der Waals surface area contributed by atoms with Gasteiger partial charge < -0.3 is 10.8 Å². The van der Waals surface area contributed by atoms with Gasteiger partial charge in [0.2, 0.25) is 5.91 Å². The summed E-state index contributed by atoms with van der Waals surface area (Å²) in [6, 6.07) is 3.10. The number of aromatic nitrogens is 1. The number of amides is 1. The van der Waals surface area contributed by atoms with Gasteiger partial charge in [-0.25, -0.2) is 9.36 Å². The Morgan fingerprint density at radius 1 is 1.50 bits per heavy atom. The maximum atomic E-state index is 10.6. The third-order valence-electron chi connectivity index (χ3n) is 1.72. The highest BCUT2D eigenvalue weighted by Gasteiger charge is 2.09. The molecule has 1 heterocycles. The lowest BCUT2D eigenvalue weighted by Crippen LogP contribution is -2.35. The standard InChI is InChI=1S/C9H10N2O3/c10-8(12)3-5-11-4-1-2-7(6-11)9(13)14/h1-2,4,6H,3,5H2,(H2-,10,12,13,14)/p+1. The van der Waals surface area contributed by atoms with E-state index >= 15 is 0 Å².